The molecule has 0 atom stereocenters. The third-order valence-corrected chi connectivity index (χ3v) is 6.21. The summed E-state index contributed by atoms with van der Waals surface area (Å²) in [6.07, 6.45) is 5.43. The first-order valence-corrected chi connectivity index (χ1v) is 10.4. The number of thiazole rings is 2. The highest BCUT2D eigenvalue weighted by Gasteiger charge is 2.19. The molecule has 0 saturated heterocycles. The lowest BCUT2D eigenvalue weighted by molar-refractivity contribution is 0.100. The largest absolute Gasteiger partial charge is 0.402 e. The molecule has 0 aromatic carbocycles. The normalized spacial score (nSPS) is 12.0. The number of hydrazone groups is 1. The van der Waals surface area contributed by atoms with Gasteiger partial charge in [0.2, 0.25) is 0 Å². The third-order valence-electron chi connectivity index (χ3n) is 4.25. The molecular weight excluding hydrogens is 424 g/mol. The Morgan fingerprint density at radius 1 is 1.43 bits per heavy atom. The molecule has 0 radical (unpaired) electrons. The van der Waals surface area contributed by atoms with E-state index in [0.29, 0.717) is 46.1 Å². The molecule has 30 heavy (non-hydrogen) atoms. The summed E-state index contributed by atoms with van der Waals surface area (Å²) in [4.78, 5) is 32.2. The van der Waals surface area contributed by atoms with E-state index in [9.17, 15) is 9.59 Å². The monoisotopic (exact) mass is 444 g/mol. The zero-order chi connectivity index (χ0) is 21.8. The summed E-state index contributed by atoms with van der Waals surface area (Å²) in [6, 6.07) is 0. The Morgan fingerprint density at radius 2 is 2.20 bits per heavy atom. The summed E-state index contributed by atoms with van der Waals surface area (Å²) < 4.78 is 2.53. The summed E-state index contributed by atoms with van der Waals surface area (Å²) in [5.74, 6) is -0.522. The molecule has 0 saturated carbocycles. The molecule has 10 nitrogen and oxygen atoms in total. The first-order valence-electron chi connectivity index (χ1n) is 8.71. The van der Waals surface area contributed by atoms with Crippen LogP contribution in [-0.2, 0) is 20.0 Å². The van der Waals surface area contributed by atoms with Crippen LogP contribution >= 0.6 is 22.7 Å². The van der Waals surface area contributed by atoms with Gasteiger partial charge in [-0.05, 0) is 6.08 Å². The zero-order valence-corrected chi connectivity index (χ0v) is 18.0. The van der Waals surface area contributed by atoms with Gasteiger partial charge in [-0.25, -0.2) is 9.97 Å². The first-order chi connectivity index (χ1) is 14.3. The Hall–Kier alpha value is -3.38. The summed E-state index contributed by atoms with van der Waals surface area (Å²) >= 11 is 2.61. The average Bonchev–Trinajstić information content (AvgIpc) is 3.36. The lowest BCUT2D eigenvalue weighted by Gasteiger charge is -2.11. The van der Waals surface area contributed by atoms with E-state index in [2.05, 4.69) is 15.1 Å². The maximum absolute atomic E-state index is 11.7. The number of primary amides is 1. The Balaban J connectivity index is 1.89. The number of rotatable bonds is 9. The van der Waals surface area contributed by atoms with Crippen LogP contribution in [0.3, 0.4) is 0 Å². The van der Waals surface area contributed by atoms with E-state index in [1.165, 1.54) is 28.7 Å². The molecule has 0 bridgehead atoms. The summed E-state index contributed by atoms with van der Waals surface area (Å²) in [7, 11) is 3.50. The molecule has 0 aliphatic rings. The highest BCUT2D eigenvalue weighted by molar-refractivity contribution is 7.19. The Kier molecular flexibility index (Phi) is 6.37. The van der Waals surface area contributed by atoms with Crippen LogP contribution in [0.1, 0.15) is 36.4 Å². The molecule has 0 fully saturated rings. The van der Waals surface area contributed by atoms with Gasteiger partial charge in [0.1, 0.15) is 9.88 Å². The van der Waals surface area contributed by atoms with Crippen molar-refractivity contribution >= 4 is 57.6 Å². The number of aryl methyl sites for hydroxylation is 1. The van der Waals surface area contributed by atoms with Gasteiger partial charge in [0.05, 0.1) is 34.4 Å². The SMILES string of the molecule is CN(Cc1ncsc1C(N)=O)/N=C\c1c(C=O)n(C)c2nc(CC(N)=CC=N)sc12. The number of aldehydes is 1. The van der Waals surface area contributed by atoms with Crippen LogP contribution in [0.15, 0.2) is 22.4 Å². The number of hydrogen-bond acceptors (Lipinski definition) is 10. The van der Waals surface area contributed by atoms with Crippen LogP contribution in [0.4, 0.5) is 0 Å². The predicted octanol–water partition coefficient (Wildman–Crippen LogP) is 1.50. The van der Waals surface area contributed by atoms with Crippen LogP contribution in [-0.4, -0.2) is 51.2 Å². The molecule has 1 amide bonds. The van der Waals surface area contributed by atoms with E-state index < -0.39 is 5.91 Å². The Bertz CT molecular complexity index is 1170. The van der Waals surface area contributed by atoms with E-state index in [1.54, 1.807) is 35.4 Å². The number of carbonyl (C=O) groups is 2. The number of aromatic nitrogens is 3. The molecular formula is C18H20N8O2S2. The average molecular weight is 445 g/mol. The smallest absolute Gasteiger partial charge is 0.260 e. The molecule has 3 heterocycles. The van der Waals surface area contributed by atoms with Crippen molar-refractivity contribution in [3.05, 3.63) is 44.1 Å². The number of fused-ring (bicyclic) bond motifs is 1. The van der Waals surface area contributed by atoms with Crippen LogP contribution in [0.2, 0.25) is 0 Å². The van der Waals surface area contributed by atoms with E-state index in [0.717, 1.165) is 22.2 Å². The van der Waals surface area contributed by atoms with Gasteiger partial charge in [-0.3, -0.25) is 14.6 Å². The minimum atomic E-state index is -0.522. The maximum atomic E-state index is 11.7. The molecule has 0 aliphatic carbocycles. The Morgan fingerprint density at radius 3 is 2.87 bits per heavy atom. The number of nitrogens with zero attached hydrogens (tertiary/aromatic N) is 5. The topological polar surface area (TPSA) is 156 Å². The molecule has 5 N–H and O–H groups in total. The quantitative estimate of drug-likeness (QED) is 0.258. The molecule has 0 spiro atoms. The van der Waals surface area contributed by atoms with Gasteiger partial charge in [-0.2, -0.15) is 5.10 Å². The molecule has 0 unspecified atom stereocenters. The van der Waals surface area contributed by atoms with E-state index in [1.807, 2.05) is 0 Å². The molecule has 12 heteroatoms. The fraction of sp³-hybridized carbons (Fsp3) is 0.222. The van der Waals surface area contributed by atoms with Crippen molar-refractivity contribution in [2.24, 2.45) is 23.6 Å². The number of carbonyl (C=O) groups excluding carboxylic acids is 2. The number of amides is 1. The standard InChI is InChI=1S/C18H20N8O2S2/c1-25(7-12-16(17(21)28)29-9-22-12)23-6-11-13(8-27)26(2)18-15(11)30-14(24-18)5-10(20)3-4-19/h3-4,6,8-9,19H,5,7,20H2,1-2H3,(H2,21,28)/b10-3?,19-4?,23-6-. The second kappa shape index (κ2) is 8.97. The van der Waals surface area contributed by atoms with Crippen molar-refractivity contribution in [1.82, 2.24) is 19.5 Å². The number of nitrogens with two attached hydrogens (primary N) is 2. The molecule has 3 rings (SSSR count). The number of hydrogen-bond donors (Lipinski definition) is 3. The molecule has 3 aromatic rings. The van der Waals surface area contributed by atoms with Gasteiger partial charge in [-0.15, -0.1) is 22.7 Å². The van der Waals surface area contributed by atoms with Gasteiger partial charge < -0.3 is 21.4 Å². The minimum absolute atomic E-state index is 0.295. The lowest BCUT2D eigenvalue weighted by atomic mass is 10.3. The Labute approximate surface area is 180 Å². The van der Waals surface area contributed by atoms with Crippen LogP contribution in [0.5, 0.6) is 0 Å². The van der Waals surface area contributed by atoms with Crippen molar-refractivity contribution in [1.29, 1.82) is 5.41 Å². The van der Waals surface area contributed by atoms with Crippen molar-refractivity contribution in [3.63, 3.8) is 0 Å². The van der Waals surface area contributed by atoms with Crippen LogP contribution < -0.4 is 11.5 Å². The van der Waals surface area contributed by atoms with E-state index in [4.69, 9.17) is 16.9 Å². The van der Waals surface area contributed by atoms with E-state index >= 15 is 0 Å². The fourth-order valence-electron chi connectivity index (χ4n) is 2.85. The van der Waals surface area contributed by atoms with Gasteiger partial charge in [0.25, 0.3) is 5.91 Å². The summed E-state index contributed by atoms with van der Waals surface area (Å²) in [5, 5.41) is 13.9. The molecule has 0 aliphatic heterocycles. The molecule has 3 aromatic heterocycles. The van der Waals surface area contributed by atoms with Crippen LogP contribution in [0, 0.1) is 5.41 Å². The zero-order valence-electron chi connectivity index (χ0n) is 16.3. The second-order valence-corrected chi connectivity index (χ2v) is 8.31. The first kappa shape index (κ1) is 21.3. The van der Waals surface area contributed by atoms with Gasteiger partial charge in [0.15, 0.2) is 11.9 Å². The number of allylic oxidation sites excluding steroid dienone is 2. The van der Waals surface area contributed by atoms with Crippen molar-refractivity contribution in [2.75, 3.05) is 7.05 Å². The summed E-state index contributed by atoms with van der Waals surface area (Å²) in [6.45, 7) is 0.295. The van der Waals surface area contributed by atoms with Crippen molar-refractivity contribution in [2.45, 2.75) is 13.0 Å². The number of nitrogens with one attached hydrogen (secondary N) is 1. The fourth-order valence-corrected chi connectivity index (χ4v) is 4.65. The van der Waals surface area contributed by atoms with E-state index in [-0.39, 0.29) is 0 Å². The molecule has 156 valence electrons. The third kappa shape index (κ3) is 4.28. The maximum Gasteiger partial charge on any atom is 0.260 e. The minimum Gasteiger partial charge on any atom is -0.402 e. The van der Waals surface area contributed by atoms with Crippen molar-refractivity contribution < 1.29 is 9.59 Å². The van der Waals surface area contributed by atoms with Gasteiger partial charge in [-0.1, -0.05) is 0 Å². The van der Waals surface area contributed by atoms with Crippen LogP contribution in [0.25, 0.3) is 10.3 Å². The predicted molar refractivity (Wildman–Crippen MR) is 118 cm³/mol. The highest BCUT2D eigenvalue weighted by atomic mass is 32.1. The highest BCUT2D eigenvalue weighted by Crippen LogP contribution is 2.30. The second-order valence-electron chi connectivity index (χ2n) is 6.37. The lowest BCUT2D eigenvalue weighted by Crippen LogP contribution is -2.17. The van der Waals surface area contributed by atoms with Gasteiger partial charge in [0, 0.05) is 38.0 Å². The van der Waals surface area contributed by atoms with Crippen molar-refractivity contribution in [3.8, 4) is 0 Å². The van der Waals surface area contributed by atoms with Gasteiger partial charge >= 0.3 is 0 Å². The summed E-state index contributed by atoms with van der Waals surface area (Å²) in [5.41, 5.74) is 15.7.